The molecular formula is C13H17NO. The van der Waals surface area contributed by atoms with Gasteiger partial charge in [0.2, 0.25) is 0 Å². The van der Waals surface area contributed by atoms with Crippen molar-refractivity contribution in [1.82, 2.24) is 0 Å². The van der Waals surface area contributed by atoms with E-state index in [1.54, 1.807) is 0 Å². The van der Waals surface area contributed by atoms with Gasteiger partial charge in [0, 0.05) is 18.2 Å². The summed E-state index contributed by atoms with van der Waals surface area (Å²) in [6.07, 6.45) is 1.06. The number of hydrogen-bond acceptors (Lipinski definition) is 2. The largest absolute Gasteiger partial charge is 0.364 e. The highest BCUT2D eigenvalue weighted by Gasteiger charge is 2.43. The normalized spacial score (nSPS) is 22.7. The molecule has 1 aromatic carbocycles. The Morgan fingerprint density at radius 1 is 1.40 bits per heavy atom. The summed E-state index contributed by atoms with van der Waals surface area (Å²) in [5, 5.41) is 0. The lowest BCUT2D eigenvalue weighted by Crippen LogP contribution is -2.40. The van der Waals surface area contributed by atoms with Gasteiger partial charge in [0.15, 0.2) is 0 Å². The first-order valence-corrected chi connectivity index (χ1v) is 5.28. The van der Waals surface area contributed by atoms with E-state index < -0.39 is 0 Å². The van der Waals surface area contributed by atoms with E-state index in [0.717, 1.165) is 6.29 Å². The molecule has 2 heteroatoms. The molecule has 1 atom stereocenters. The first kappa shape index (κ1) is 10.2. The number of carbonyl (C=O) groups excluding carboxylic acids is 1. The smallest absolute Gasteiger partial charge is 0.143 e. The zero-order valence-corrected chi connectivity index (χ0v) is 9.74. The predicted molar refractivity (Wildman–Crippen MR) is 62.5 cm³/mol. The molecule has 1 aliphatic heterocycles. The molecule has 1 heterocycles. The number of anilines is 1. The maximum atomic E-state index is 11.2. The SMILES string of the molecule is Cc1cccc2c1N(C)C(C=O)C2(C)C. The van der Waals surface area contributed by atoms with Crippen LogP contribution < -0.4 is 4.90 Å². The molecule has 0 bridgehead atoms. The van der Waals surface area contributed by atoms with E-state index in [0.29, 0.717) is 0 Å². The van der Waals surface area contributed by atoms with Gasteiger partial charge < -0.3 is 9.69 Å². The minimum Gasteiger partial charge on any atom is -0.364 e. The van der Waals surface area contributed by atoms with Gasteiger partial charge in [-0.25, -0.2) is 0 Å². The molecule has 0 saturated carbocycles. The van der Waals surface area contributed by atoms with E-state index in [1.807, 2.05) is 7.05 Å². The van der Waals surface area contributed by atoms with Crippen LogP contribution in [0.2, 0.25) is 0 Å². The van der Waals surface area contributed by atoms with Crippen molar-refractivity contribution in [3.63, 3.8) is 0 Å². The number of hydrogen-bond donors (Lipinski definition) is 0. The minimum absolute atomic E-state index is 0.0476. The molecule has 0 aliphatic carbocycles. The summed E-state index contributed by atoms with van der Waals surface area (Å²) in [7, 11) is 2.00. The molecule has 1 aliphatic rings. The summed E-state index contributed by atoms with van der Waals surface area (Å²) in [5.74, 6) is 0. The van der Waals surface area contributed by atoms with Crippen LogP contribution in [-0.4, -0.2) is 19.4 Å². The Kier molecular flexibility index (Phi) is 2.10. The lowest BCUT2D eigenvalue weighted by Gasteiger charge is -2.27. The molecular weight excluding hydrogens is 186 g/mol. The maximum Gasteiger partial charge on any atom is 0.143 e. The number of rotatable bonds is 1. The standard InChI is InChI=1S/C13H17NO/c1-9-6-5-7-10-12(9)14(4)11(8-15)13(10,2)3/h5-8,11H,1-4H3. The van der Waals surface area contributed by atoms with E-state index >= 15 is 0 Å². The second kappa shape index (κ2) is 3.09. The van der Waals surface area contributed by atoms with Gasteiger partial charge in [-0.15, -0.1) is 0 Å². The molecule has 2 nitrogen and oxygen atoms in total. The maximum absolute atomic E-state index is 11.2. The molecule has 1 unspecified atom stereocenters. The highest BCUT2D eigenvalue weighted by molar-refractivity contribution is 5.78. The molecule has 0 aromatic heterocycles. The fraction of sp³-hybridized carbons (Fsp3) is 0.462. The van der Waals surface area contributed by atoms with Crippen molar-refractivity contribution in [2.45, 2.75) is 32.2 Å². The zero-order chi connectivity index (χ0) is 11.2. The quantitative estimate of drug-likeness (QED) is 0.653. The second-order valence-electron chi connectivity index (χ2n) is 4.88. The number of carbonyl (C=O) groups is 1. The van der Waals surface area contributed by atoms with Crippen LogP contribution in [0.3, 0.4) is 0 Å². The van der Waals surface area contributed by atoms with Crippen LogP contribution in [0.4, 0.5) is 5.69 Å². The fourth-order valence-corrected chi connectivity index (χ4v) is 2.69. The number of likely N-dealkylation sites (N-methyl/N-ethyl adjacent to an activating group) is 1. The Bertz CT molecular complexity index is 409. The average Bonchev–Trinajstić information content (AvgIpc) is 2.36. The lowest BCUT2D eigenvalue weighted by molar-refractivity contribution is -0.109. The van der Waals surface area contributed by atoms with E-state index in [9.17, 15) is 4.79 Å². The molecule has 80 valence electrons. The number of nitrogens with zero attached hydrogens (tertiary/aromatic N) is 1. The summed E-state index contributed by atoms with van der Waals surface area (Å²) < 4.78 is 0. The summed E-state index contributed by atoms with van der Waals surface area (Å²) in [6, 6.07) is 6.24. The molecule has 0 amide bonds. The molecule has 2 rings (SSSR count). The van der Waals surface area contributed by atoms with E-state index in [-0.39, 0.29) is 11.5 Å². The Morgan fingerprint density at radius 3 is 2.60 bits per heavy atom. The van der Waals surface area contributed by atoms with Gasteiger partial charge in [-0.2, -0.15) is 0 Å². The van der Waals surface area contributed by atoms with Crippen LogP contribution in [0, 0.1) is 6.92 Å². The van der Waals surface area contributed by atoms with Gasteiger partial charge in [-0.05, 0) is 18.1 Å². The van der Waals surface area contributed by atoms with Crippen LogP contribution in [0.25, 0.3) is 0 Å². The average molecular weight is 203 g/mol. The zero-order valence-electron chi connectivity index (χ0n) is 9.74. The van der Waals surface area contributed by atoms with Gasteiger partial charge in [-0.3, -0.25) is 0 Å². The highest BCUT2D eigenvalue weighted by Crippen LogP contribution is 2.44. The lowest BCUT2D eigenvalue weighted by atomic mass is 9.81. The van der Waals surface area contributed by atoms with Crippen molar-refractivity contribution in [1.29, 1.82) is 0 Å². The van der Waals surface area contributed by atoms with E-state index in [4.69, 9.17) is 0 Å². The topological polar surface area (TPSA) is 20.3 Å². The Labute approximate surface area is 90.9 Å². The van der Waals surface area contributed by atoms with Crippen LogP contribution in [0.15, 0.2) is 18.2 Å². The fourth-order valence-electron chi connectivity index (χ4n) is 2.69. The summed E-state index contributed by atoms with van der Waals surface area (Å²) in [6.45, 7) is 6.36. The number of fused-ring (bicyclic) bond motifs is 1. The van der Waals surface area contributed by atoms with E-state index in [1.165, 1.54) is 16.8 Å². The van der Waals surface area contributed by atoms with Crippen LogP contribution in [0.1, 0.15) is 25.0 Å². The van der Waals surface area contributed by atoms with Gasteiger partial charge in [0.25, 0.3) is 0 Å². The summed E-state index contributed by atoms with van der Waals surface area (Å²) >= 11 is 0. The molecule has 0 fully saturated rings. The van der Waals surface area contributed by atoms with Crippen molar-refractivity contribution in [2.75, 3.05) is 11.9 Å². The molecule has 1 aromatic rings. The van der Waals surface area contributed by atoms with Gasteiger partial charge >= 0.3 is 0 Å². The van der Waals surface area contributed by atoms with Gasteiger partial charge in [0.1, 0.15) is 6.29 Å². The molecule has 0 radical (unpaired) electrons. The number of para-hydroxylation sites is 1. The highest BCUT2D eigenvalue weighted by atomic mass is 16.1. The first-order chi connectivity index (χ1) is 7.00. The second-order valence-corrected chi connectivity index (χ2v) is 4.88. The van der Waals surface area contributed by atoms with Gasteiger partial charge in [-0.1, -0.05) is 32.0 Å². The third-order valence-electron chi connectivity index (χ3n) is 3.57. The van der Waals surface area contributed by atoms with Gasteiger partial charge in [0.05, 0.1) is 6.04 Å². The van der Waals surface area contributed by atoms with Crippen LogP contribution in [-0.2, 0) is 10.2 Å². The third-order valence-corrected chi connectivity index (χ3v) is 3.57. The van der Waals surface area contributed by atoms with Crippen LogP contribution in [0.5, 0.6) is 0 Å². The Morgan fingerprint density at radius 2 is 2.07 bits per heavy atom. The molecule has 0 N–H and O–H groups in total. The summed E-state index contributed by atoms with van der Waals surface area (Å²) in [4.78, 5) is 13.3. The summed E-state index contributed by atoms with van der Waals surface area (Å²) in [5.41, 5.74) is 3.66. The molecule has 0 saturated heterocycles. The van der Waals surface area contributed by atoms with Crippen LogP contribution >= 0.6 is 0 Å². The Hall–Kier alpha value is -1.31. The number of aldehydes is 1. The van der Waals surface area contributed by atoms with E-state index in [2.05, 4.69) is 43.9 Å². The Balaban J connectivity index is 2.67. The van der Waals surface area contributed by atoms with Crippen molar-refractivity contribution >= 4 is 12.0 Å². The monoisotopic (exact) mass is 203 g/mol. The first-order valence-electron chi connectivity index (χ1n) is 5.28. The predicted octanol–water partition coefficient (Wildman–Crippen LogP) is 2.29. The molecule has 15 heavy (non-hydrogen) atoms. The van der Waals surface area contributed by atoms with Crippen molar-refractivity contribution < 1.29 is 4.79 Å². The number of benzene rings is 1. The van der Waals surface area contributed by atoms with Crippen molar-refractivity contribution in [3.05, 3.63) is 29.3 Å². The number of aryl methyl sites for hydroxylation is 1. The molecule has 0 spiro atoms. The van der Waals surface area contributed by atoms with Crippen molar-refractivity contribution in [2.24, 2.45) is 0 Å². The van der Waals surface area contributed by atoms with Crippen molar-refractivity contribution in [3.8, 4) is 0 Å². The minimum atomic E-state index is -0.0855. The third kappa shape index (κ3) is 1.21.